The van der Waals surface area contributed by atoms with Gasteiger partial charge in [0.15, 0.2) is 0 Å². The number of nitrogens with zero attached hydrogens (tertiary/aromatic N) is 4. The third-order valence-electron chi connectivity index (χ3n) is 6.74. The van der Waals surface area contributed by atoms with Gasteiger partial charge in [-0.05, 0) is 24.3 Å². The Bertz CT molecular complexity index is 1970. The number of hydrogen-bond acceptors (Lipinski definition) is 5. The highest BCUT2D eigenvalue weighted by atomic mass is 31.2. The first-order chi connectivity index (χ1) is 18.5. The zero-order chi connectivity index (χ0) is 25.9. The van der Waals surface area contributed by atoms with E-state index in [1.165, 1.54) is 0 Å². The Morgan fingerprint density at radius 2 is 0.921 bits per heavy atom. The fourth-order valence-electron chi connectivity index (χ4n) is 5.02. The third-order valence-corrected chi connectivity index (χ3v) is 7.81. The summed E-state index contributed by atoms with van der Waals surface area (Å²) >= 11 is 0. The quantitative estimate of drug-likeness (QED) is 0.219. The average Bonchev–Trinajstić information content (AvgIpc) is 2.95. The maximum atomic E-state index is 13.0. The minimum Gasteiger partial charge on any atom is -0.321 e. The normalized spacial score (nSPS) is 12.1. The van der Waals surface area contributed by atoms with Crippen LogP contribution in [0, 0.1) is 0 Å². The first kappa shape index (κ1) is 22.6. The maximum Gasteiger partial charge on any atom is 0.357 e. The average molecular weight is 514 g/mol. The fraction of sp³-hybridized carbons (Fsp3) is 0. The van der Waals surface area contributed by atoms with E-state index in [1.807, 2.05) is 60.7 Å². The largest absolute Gasteiger partial charge is 0.357 e. The zero-order valence-electron chi connectivity index (χ0n) is 19.9. The molecular formula is C30H19N4O3P. The highest BCUT2D eigenvalue weighted by Gasteiger charge is 2.28. The molecule has 0 aliphatic rings. The molecule has 4 heterocycles. The Labute approximate surface area is 216 Å². The van der Waals surface area contributed by atoms with E-state index in [1.54, 1.807) is 42.7 Å². The molecule has 3 aromatic carbocycles. The van der Waals surface area contributed by atoms with E-state index in [9.17, 15) is 14.4 Å². The van der Waals surface area contributed by atoms with Gasteiger partial charge in [-0.1, -0.05) is 66.7 Å². The van der Waals surface area contributed by atoms with Gasteiger partial charge in [0.25, 0.3) is 0 Å². The molecular weight excluding hydrogens is 495 g/mol. The number of fused-ring (bicyclic) bond motifs is 6. The van der Waals surface area contributed by atoms with Crippen LogP contribution in [0.2, 0.25) is 0 Å². The molecule has 0 amide bonds. The second-order valence-corrected chi connectivity index (χ2v) is 10.6. The van der Waals surface area contributed by atoms with Crippen molar-refractivity contribution in [1.29, 1.82) is 0 Å². The summed E-state index contributed by atoms with van der Waals surface area (Å²) in [7, 11) is -4.75. The molecule has 0 saturated heterocycles. The second kappa shape index (κ2) is 8.50. The standard InChI is InChI=1S/C30H19N4O3P/c35-38(36,37)30-22(24-14-12-20-10-8-18-4-2-16-31-26(18)28(20)33-24)6-1-7-23(30)25-15-13-21-11-9-19-5-3-17-32-27(19)29(21)34-25/h1-17H,(H2,35,36,37). The van der Waals surface area contributed by atoms with E-state index in [0.717, 1.165) is 32.6 Å². The van der Waals surface area contributed by atoms with E-state index in [4.69, 9.17) is 9.97 Å². The van der Waals surface area contributed by atoms with Crippen LogP contribution < -0.4 is 5.30 Å². The van der Waals surface area contributed by atoms with Gasteiger partial charge in [-0.25, -0.2) is 9.97 Å². The molecule has 38 heavy (non-hydrogen) atoms. The summed E-state index contributed by atoms with van der Waals surface area (Å²) < 4.78 is 13.0. The summed E-state index contributed by atoms with van der Waals surface area (Å²) in [4.78, 5) is 39.8. The van der Waals surface area contributed by atoms with Crippen LogP contribution in [-0.2, 0) is 4.57 Å². The summed E-state index contributed by atoms with van der Waals surface area (Å²) in [6, 6.07) is 28.0. The van der Waals surface area contributed by atoms with E-state index in [-0.39, 0.29) is 5.30 Å². The van der Waals surface area contributed by atoms with Crippen LogP contribution in [0.1, 0.15) is 0 Å². The second-order valence-electron chi connectivity index (χ2n) is 9.06. The molecule has 8 heteroatoms. The van der Waals surface area contributed by atoms with Crippen molar-refractivity contribution >= 4 is 56.5 Å². The first-order valence-corrected chi connectivity index (χ1v) is 13.6. The Kier molecular flexibility index (Phi) is 5.06. The Balaban J connectivity index is 1.49. The van der Waals surface area contributed by atoms with Crippen LogP contribution >= 0.6 is 7.60 Å². The molecule has 7 nitrogen and oxygen atoms in total. The Morgan fingerprint density at radius 1 is 0.500 bits per heavy atom. The van der Waals surface area contributed by atoms with Gasteiger partial charge in [0.05, 0.1) is 38.8 Å². The molecule has 4 aromatic heterocycles. The molecule has 0 aliphatic carbocycles. The van der Waals surface area contributed by atoms with E-state index in [0.29, 0.717) is 33.5 Å². The first-order valence-electron chi connectivity index (χ1n) is 12.0. The molecule has 7 rings (SSSR count). The third kappa shape index (κ3) is 3.64. The smallest absolute Gasteiger partial charge is 0.321 e. The number of pyridine rings is 4. The van der Waals surface area contributed by atoms with Crippen molar-refractivity contribution in [1.82, 2.24) is 19.9 Å². The minimum atomic E-state index is -4.75. The maximum absolute atomic E-state index is 13.0. The zero-order valence-corrected chi connectivity index (χ0v) is 20.7. The van der Waals surface area contributed by atoms with Crippen molar-refractivity contribution in [3.05, 3.63) is 103 Å². The van der Waals surface area contributed by atoms with Gasteiger partial charge in [-0.3, -0.25) is 14.5 Å². The van der Waals surface area contributed by atoms with Gasteiger partial charge >= 0.3 is 7.60 Å². The molecule has 7 aromatic rings. The monoisotopic (exact) mass is 514 g/mol. The van der Waals surface area contributed by atoms with Gasteiger partial charge in [0, 0.05) is 45.1 Å². The van der Waals surface area contributed by atoms with Crippen LogP contribution in [0.15, 0.2) is 103 Å². The number of hydrogen-bond donors (Lipinski definition) is 2. The molecule has 182 valence electrons. The molecule has 0 unspecified atom stereocenters. The minimum absolute atomic E-state index is 0.111. The van der Waals surface area contributed by atoms with Crippen LogP contribution in [0.25, 0.3) is 66.1 Å². The highest BCUT2D eigenvalue weighted by Crippen LogP contribution is 2.42. The lowest BCUT2D eigenvalue weighted by Crippen LogP contribution is -2.13. The number of rotatable bonds is 3. The molecule has 0 saturated carbocycles. The van der Waals surface area contributed by atoms with Crippen LogP contribution in [-0.4, -0.2) is 29.7 Å². The van der Waals surface area contributed by atoms with Crippen molar-refractivity contribution in [2.24, 2.45) is 0 Å². The Hall–Kier alpha value is -4.55. The number of aromatic nitrogens is 4. The molecule has 0 bridgehead atoms. The molecule has 0 radical (unpaired) electrons. The SMILES string of the molecule is O=P(O)(O)c1c(-c2ccc3ccc4cccnc4c3n2)cccc1-c1ccc2ccc3cccnc3c2n1. The van der Waals surface area contributed by atoms with E-state index < -0.39 is 7.60 Å². The summed E-state index contributed by atoms with van der Waals surface area (Å²) in [5, 5.41) is 3.55. The predicted molar refractivity (Wildman–Crippen MR) is 150 cm³/mol. The van der Waals surface area contributed by atoms with Crippen molar-refractivity contribution < 1.29 is 14.4 Å². The van der Waals surface area contributed by atoms with Crippen molar-refractivity contribution in [3.8, 4) is 22.5 Å². The molecule has 0 fully saturated rings. The van der Waals surface area contributed by atoms with Gasteiger partial charge in [0.1, 0.15) is 0 Å². The molecule has 2 N–H and O–H groups in total. The number of benzene rings is 3. The molecule has 0 aliphatic heterocycles. The van der Waals surface area contributed by atoms with Crippen molar-refractivity contribution in [2.75, 3.05) is 0 Å². The lowest BCUT2D eigenvalue weighted by atomic mass is 10.0. The summed E-state index contributed by atoms with van der Waals surface area (Å²) in [6.07, 6.45) is 3.42. The van der Waals surface area contributed by atoms with E-state index in [2.05, 4.69) is 9.97 Å². The van der Waals surface area contributed by atoms with Gasteiger partial charge in [-0.15, -0.1) is 0 Å². The Morgan fingerprint density at radius 3 is 1.37 bits per heavy atom. The van der Waals surface area contributed by atoms with Gasteiger partial charge in [0.2, 0.25) is 0 Å². The summed E-state index contributed by atoms with van der Waals surface area (Å²) in [6.45, 7) is 0. The lowest BCUT2D eigenvalue weighted by Gasteiger charge is -2.16. The predicted octanol–water partition coefficient (Wildman–Crippen LogP) is 6.02. The summed E-state index contributed by atoms with van der Waals surface area (Å²) in [5.74, 6) is 0. The lowest BCUT2D eigenvalue weighted by molar-refractivity contribution is 0.387. The molecule has 0 spiro atoms. The van der Waals surface area contributed by atoms with Gasteiger partial charge < -0.3 is 9.79 Å². The van der Waals surface area contributed by atoms with Gasteiger partial charge in [-0.2, -0.15) is 0 Å². The van der Waals surface area contributed by atoms with Crippen LogP contribution in [0.4, 0.5) is 0 Å². The molecule has 0 atom stereocenters. The van der Waals surface area contributed by atoms with Crippen molar-refractivity contribution in [2.45, 2.75) is 0 Å². The topological polar surface area (TPSA) is 109 Å². The van der Waals surface area contributed by atoms with Crippen LogP contribution in [0.5, 0.6) is 0 Å². The van der Waals surface area contributed by atoms with Crippen molar-refractivity contribution in [3.63, 3.8) is 0 Å². The summed E-state index contributed by atoms with van der Waals surface area (Å²) in [5.41, 5.74) is 4.40. The van der Waals surface area contributed by atoms with Crippen LogP contribution in [0.3, 0.4) is 0 Å². The van der Waals surface area contributed by atoms with E-state index >= 15 is 0 Å². The fourth-order valence-corrected chi connectivity index (χ4v) is 6.02. The highest BCUT2D eigenvalue weighted by molar-refractivity contribution is 7.61.